The average Bonchev–Trinajstić information content (AvgIpc) is 2.44. The number of hydrogen-bond acceptors (Lipinski definition) is 2. The molecule has 0 aromatic heterocycles. The van der Waals surface area contributed by atoms with Crippen LogP contribution in [0.3, 0.4) is 0 Å². The minimum absolute atomic E-state index is 0.123. The average molecular weight is 213 g/mol. The highest BCUT2D eigenvalue weighted by Gasteiger charge is 2.32. The van der Waals surface area contributed by atoms with Crippen molar-refractivity contribution in [2.75, 3.05) is 0 Å². The minimum Gasteiger partial charge on any atom is -0.487 e. The molecule has 76 valence electrons. The van der Waals surface area contributed by atoms with Crippen LogP contribution < -0.4 is 4.74 Å². The zero-order valence-corrected chi connectivity index (χ0v) is 9.01. The van der Waals surface area contributed by atoms with E-state index in [2.05, 4.69) is 0 Å². The van der Waals surface area contributed by atoms with Crippen LogP contribution in [0.25, 0.3) is 0 Å². The number of fused-ring (bicyclic) bond motifs is 1. The SMILES string of the molecule is CCC1Oc2c(C)cc(Cl)cc2C1O. The Morgan fingerprint density at radius 1 is 1.50 bits per heavy atom. The van der Waals surface area contributed by atoms with E-state index in [4.69, 9.17) is 16.3 Å². The summed E-state index contributed by atoms with van der Waals surface area (Å²) < 4.78 is 5.65. The fraction of sp³-hybridized carbons (Fsp3) is 0.455. The highest BCUT2D eigenvalue weighted by Crippen LogP contribution is 2.41. The van der Waals surface area contributed by atoms with E-state index in [1.807, 2.05) is 19.9 Å². The predicted octanol–water partition coefficient (Wildman–Crippen LogP) is 2.85. The molecule has 1 N–H and O–H groups in total. The number of hydrogen-bond donors (Lipinski definition) is 1. The van der Waals surface area contributed by atoms with Gasteiger partial charge in [-0.3, -0.25) is 0 Å². The van der Waals surface area contributed by atoms with Crippen LogP contribution in [0, 0.1) is 6.92 Å². The second-order valence-electron chi connectivity index (χ2n) is 3.65. The molecule has 0 fully saturated rings. The third kappa shape index (κ3) is 1.39. The van der Waals surface area contributed by atoms with Crippen LogP contribution in [-0.2, 0) is 0 Å². The third-order valence-corrected chi connectivity index (χ3v) is 2.83. The number of aryl methyl sites for hydroxylation is 1. The summed E-state index contributed by atoms with van der Waals surface area (Å²) in [5.41, 5.74) is 1.81. The lowest BCUT2D eigenvalue weighted by atomic mass is 10.0. The Morgan fingerprint density at radius 2 is 2.21 bits per heavy atom. The van der Waals surface area contributed by atoms with Gasteiger partial charge in [0.25, 0.3) is 0 Å². The van der Waals surface area contributed by atoms with Gasteiger partial charge in [-0.15, -0.1) is 0 Å². The molecule has 1 aromatic rings. The van der Waals surface area contributed by atoms with E-state index in [1.165, 1.54) is 0 Å². The van der Waals surface area contributed by atoms with Gasteiger partial charge in [0.05, 0.1) is 0 Å². The smallest absolute Gasteiger partial charge is 0.129 e. The van der Waals surface area contributed by atoms with Gasteiger partial charge in [0.2, 0.25) is 0 Å². The molecule has 2 rings (SSSR count). The Bertz CT molecular complexity index is 363. The lowest BCUT2D eigenvalue weighted by molar-refractivity contribution is 0.0651. The Labute approximate surface area is 88.5 Å². The van der Waals surface area contributed by atoms with Gasteiger partial charge in [-0.05, 0) is 31.0 Å². The van der Waals surface area contributed by atoms with Crippen LogP contribution >= 0.6 is 11.6 Å². The molecule has 0 amide bonds. The first-order chi connectivity index (χ1) is 6.63. The first-order valence-corrected chi connectivity index (χ1v) is 5.16. The number of rotatable bonds is 1. The largest absolute Gasteiger partial charge is 0.487 e. The summed E-state index contributed by atoms with van der Waals surface area (Å²) in [6, 6.07) is 3.63. The first-order valence-electron chi connectivity index (χ1n) is 4.78. The van der Waals surface area contributed by atoms with Crippen LogP contribution in [0.4, 0.5) is 0 Å². The molecule has 2 nitrogen and oxygen atoms in total. The molecule has 0 saturated heterocycles. The molecule has 0 aliphatic carbocycles. The van der Waals surface area contributed by atoms with Crippen LogP contribution in [0.2, 0.25) is 5.02 Å². The normalized spacial score (nSPS) is 24.6. The molecule has 14 heavy (non-hydrogen) atoms. The Kier molecular flexibility index (Phi) is 2.41. The molecule has 3 heteroatoms. The predicted molar refractivity (Wildman–Crippen MR) is 55.9 cm³/mol. The minimum atomic E-state index is -0.535. The van der Waals surface area contributed by atoms with Gasteiger partial charge in [0, 0.05) is 10.6 Å². The van der Waals surface area contributed by atoms with Crippen molar-refractivity contribution < 1.29 is 9.84 Å². The molecular weight excluding hydrogens is 200 g/mol. The van der Waals surface area contributed by atoms with Crippen molar-refractivity contribution in [3.05, 3.63) is 28.3 Å². The van der Waals surface area contributed by atoms with Crippen molar-refractivity contribution in [1.29, 1.82) is 0 Å². The van der Waals surface area contributed by atoms with Crippen LogP contribution in [-0.4, -0.2) is 11.2 Å². The van der Waals surface area contributed by atoms with Crippen LogP contribution in [0.5, 0.6) is 5.75 Å². The molecule has 0 radical (unpaired) electrons. The molecule has 2 unspecified atom stereocenters. The standard InChI is InChI=1S/C11H13ClO2/c1-3-9-10(13)8-5-7(12)4-6(2)11(8)14-9/h4-5,9-10,13H,3H2,1-2H3. The summed E-state index contributed by atoms with van der Waals surface area (Å²) in [5, 5.41) is 10.6. The van der Waals surface area contributed by atoms with E-state index in [1.54, 1.807) is 6.07 Å². The zero-order valence-electron chi connectivity index (χ0n) is 8.25. The summed E-state index contributed by atoms with van der Waals surface area (Å²) in [5.74, 6) is 0.800. The van der Waals surface area contributed by atoms with Gasteiger partial charge in [0.15, 0.2) is 0 Å². The van der Waals surface area contributed by atoms with E-state index in [0.717, 1.165) is 23.3 Å². The number of aliphatic hydroxyl groups excluding tert-OH is 1. The highest BCUT2D eigenvalue weighted by atomic mass is 35.5. The van der Waals surface area contributed by atoms with Crippen molar-refractivity contribution in [2.45, 2.75) is 32.5 Å². The second-order valence-corrected chi connectivity index (χ2v) is 4.09. The van der Waals surface area contributed by atoms with E-state index >= 15 is 0 Å². The molecule has 0 bridgehead atoms. The highest BCUT2D eigenvalue weighted by molar-refractivity contribution is 6.30. The summed E-state index contributed by atoms with van der Waals surface area (Å²) >= 11 is 5.92. The summed E-state index contributed by atoms with van der Waals surface area (Å²) in [7, 11) is 0. The lowest BCUT2D eigenvalue weighted by Crippen LogP contribution is -2.16. The van der Waals surface area contributed by atoms with Gasteiger partial charge in [-0.25, -0.2) is 0 Å². The quantitative estimate of drug-likeness (QED) is 0.776. The molecule has 1 aliphatic rings. The molecule has 1 aliphatic heterocycles. The number of halogens is 1. The van der Waals surface area contributed by atoms with Crippen molar-refractivity contribution in [1.82, 2.24) is 0 Å². The number of benzene rings is 1. The molecule has 1 aromatic carbocycles. The number of ether oxygens (including phenoxy) is 1. The Hall–Kier alpha value is -0.730. The van der Waals surface area contributed by atoms with Crippen LogP contribution in [0.1, 0.15) is 30.6 Å². The summed E-state index contributed by atoms with van der Waals surface area (Å²) in [6.07, 6.45) is 0.141. The zero-order chi connectivity index (χ0) is 10.3. The fourth-order valence-corrected chi connectivity index (χ4v) is 2.14. The van der Waals surface area contributed by atoms with Crippen molar-refractivity contribution in [2.24, 2.45) is 0 Å². The fourth-order valence-electron chi connectivity index (χ4n) is 1.86. The van der Waals surface area contributed by atoms with E-state index in [0.29, 0.717) is 5.02 Å². The van der Waals surface area contributed by atoms with Gasteiger partial charge < -0.3 is 9.84 Å². The Morgan fingerprint density at radius 3 is 2.86 bits per heavy atom. The second kappa shape index (κ2) is 3.44. The monoisotopic (exact) mass is 212 g/mol. The van der Waals surface area contributed by atoms with E-state index in [9.17, 15) is 5.11 Å². The van der Waals surface area contributed by atoms with Crippen molar-refractivity contribution in [3.63, 3.8) is 0 Å². The topological polar surface area (TPSA) is 29.5 Å². The molecule has 0 spiro atoms. The molecule has 1 heterocycles. The maximum atomic E-state index is 9.91. The van der Waals surface area contributed by atoms with Gasteiger partial charge in [-0.2, -0.15) is 0 Å². The molecular formula is C11H13ClO2. The summed E-state index contributed by atoms with van der Waals surface area (Å²) in [4.78, 5) is 0. The Balaban J connectivity index is 2.48. The maximum Gasteiger partial charge on any atom is 0.129 e. The van der Waals surface area contributed by atoms with Crippen molar-refractivity contribution in [3.8, 4) is 5.75 Å². The summed E-state index contributed by atoms with van der Waals surface area (Å²) in [6.45, 7) is 3.94. The first kappa shape index (κ1) is 9.81. The molecule has 2 atom stereocenters. The van der Waals surface area contributed by atoms with Gasteiger partial charge in [0.1, 0.15) is 18.0 Å². The van der Waals surface area contributed by atoms with E-state index in [-0.39, 0.29) is 6.10 Å². The van der Waals surface area contributed by atoms with E-state index < -0.39 is 6.10 Å². The maximum absolute atomic E-state index is 9.91. The van der Waals surface area contributed by atoms with Crippen LogP contribution in [0.15, 0.2) is 12.1 Å². The molecule has 0 saturated carbocycles. The number of aliphatic hydroxyl groups is 1. The van der Waals surface area contributed by atoms with Crippen molar-refractivity contribution >= 4 is 11.6 Å². The lowest BCUT2D eigenvalue weighted by Gasteiger charge is -2.10. The van der Waals surface area contributed by atoms with Gasteiger partial charge in [-0.1, -0.05) is 18.5 Å². The third-order valence-electron chi connectivity index (χ3n) is 2.61. The van der Waals surface area contributed by atoms with Gasteiger partial charge >= 0.3 is 0 Å².